The Morgan fingerprint density at radius 3 is 3.00 bits per heavy atom. The second-order valence-corrected chi connectivity index (χ2v) is 6.02. The maximum absolute atomic E-state index is 6.17. The van der Waals surface area contributed by atoms with E-state index in [0.717, 1.165) is 36.2 Å². The molecule has 19 heavy (non-hydrogen) atoms. The van der Waals surface area contributed by atoms with E-state index in [1.807, 2.05) is 12.1 Å². The zero-order chi connectivity index (χ0) is 13.2. The molecule has 1 fully saturated rings. The summed E-state index contributed by atoms with van der Waals surface area (Å²) < 4.78 is 10.7. The quantitative estimate of drug-likeness (QED) is 0.915. The number of benzene rings is 1. The van der Waals surface area contributed by atoms with Crippen LogP contribution in [0.1, 0.15) is 31.7 Å². The standard InChI is InChI=1S/C15H20ClNO2/c1-10-3-2-4-12(10)8-17-7-11-5-13(16)15-14(6-11)18-9-19-15/h5-6,10,12,17H,2-4,7-9H2,1H3. The van der Waals surface area contributed by atoms with Crippen molar-refractivity contribution in [3.63, 3.8) is 0 Å². The molecule has 3 rings (SSSR count). The van der Waals surface area contributed by atoms with Gasteiger partial charge in [-0.25, -0.2) is 0 Å². The Morgan fingerprint density at radius 1 is 1.32 bits per heavy atom. The molecule has 1 saturated carbocycles. The van der Waals surface area contributed by atoms with Gasteiger partial charge in [0.2, 0.25) is 6.79 Å². The van der Waals surface area contributed by atoms with Gasteiger partial charge in [-0.3, -0.25) is 0 Å². The van der Waals surface area contributed by atoms with Crippen molar-refractivity contribution in [3.8, 4) is 11.5 Å². The zero-order valence-electron chi connectivity index (χ0n) is 11.2. The summed E-state index contributed by atoms with van der Waals surface area (Å²) in [6.07, 6.45) is 4.11. The van der Waals surface area contributed by atoms with Gasteiger partial charge in [-0.15, -0.1) is 0 Å². The van der Waals surface area contributed by atoms with Crippen LogP contribution in [0.15, 0.2) is 12.1 Å². The molecule has 1 aromatic rings. The van der Waals surface area contributed by atoms with Gasteiger partial charge < -0.3 is 14.8 Å². The van der Waals surface area contributed by atoms with E-state index in [-0.39, 0.29) is 6.79 Å². The largest absolute Gasteiger partial charge is 0.454 e. The molecule has 0 saturated heterocycles. The van der Waals surface area contributed by atoms with Crippen molar-refractivity contribution in [1.29, 1.82) is 0 Å². The fourth-order valence-electron chi connectivity index (χ4n) is 3.05. The molecule has 2 unspecified atom stereocenters. The molecule has 2 atom stereocenters. The van der Waals surface area contributed by atoms with Gasteiger partial charge in [-0.1, -0.05) is 31.4 Å². The van der Waals surface area contributed by atoms with Crippen LogP contribution in [0.5, 0.6) is 11.5 Å². The summed E-state index contributed by atoms with van der Waals surface area (Å²) >= 11 is 6.17. The second kappa shape index (κ2) is 5.59. The monoisotopic (exact) mass is 281 g/mol. The maximum Gasteiger partial charge on any atom is 0.231 e. The molecule has 4 heteroatoms. The fraction of sp³-hybridized carbons (Fsp3) is 0.600. The Bertz CT molecular complexity index is 464. The van der Waals surface area contributed by atoms with Gasteiger partial charge in [0.15, 0.2) is 11.5 Å². The average molecular weight is 282 g/mol. The first kappa shape index (κ1) is 13.1. The van der Waals surface area contributed by atoms with Crippen molar-refractivity contribution in [3.05, 3.63) is 22.7 Å². The van der Waals surface area contributed by atoms with Gasteiger partial charge in [0.25, 0.3) is 0 Å². The van der Waals surface area contributed by atoms with Crippen LogP contribution in [0.4, 0.5) is 0 Å². The Morgan fingerprint density at radius 2 is 2.21 bits per heavy atom. The normalized spacial score (nSPS) is 24.9. The van der Waals surface area contributed by atoms with Crippen LogP contribution in [-0.2, 0) is 6.54 Å². The average Bonchev–Trinajstić information content (AvgIpc) is 2.99. The molecule has 0 spiro atoms. The topological polar surface area (TPSA) is 30.5 Å². The van der Waals surface area contributed by atoms with Crippen molar-refractivity contribution in [2.75, 3.05) is 13.3 Å². The highest BCUT2D eigenvalue weighted by atomic mass is 35.5. The van der Waals surface area contributed by atoms with Crippen LogP contribution in [-0.4, -0.2) is 13.3 Å². The van der Waals surface area contributed by atoms with Crippen molar-refractivity contribution < 1.29 is 9.47 Å². The summed E-state index contributed by atoms with van der Waals surface area (Å²) in [4.78, 5) is 0. The predicted molar refractivity (Wildman–Crippen MR) is 75.8 cm³/mol. The van der Waals surface area contributed by atoms with Crippen LogP contribution >= 0.6 is 11.6 Å². The van der Waals surface area contributed by atoms with E-state index in [1.54, 1.807) is 0 Å². The van der Waals surface area contributed by atoms with Crippen LogP contribution in [0.25, 0.3) is 0 Å². The van der Waals surface area contributed by atoms with Gasteiger partial charge in [0.1, 0.15) is 0 Å². The second-order valence-electron chi connectivity index (χ2n) is 5.61. The molecule has 1 N–H and O–H groups in total. The molecule has 0 amide bonds. The van der Waals surface area contributed by atoms with E-state index in [2.05, 4.69) is 12.2 Å². The first-order valence-electron chi connectivity index (χ1n) is 7.03. The predicted octanol–water partition coefficient (Wildman–Crippen LogP) is 3.59. The maximum atomic E-state index is 6.17. The van der Waals surface area contributed by atoms with Gasteiger partial charge >= 0.3 is 0 Å². The van der Waals surface area contributed by atoms with Gasteiger partial charge in [0, 0.05) is 6.54 Å². The number of rotatable bonds is 4. The summed E-state index contributed by atoms with van der Waals surface area (Å²) in [7, 11) is 0. The molecule has 1 aliphatic carbocycles. The number of halogens is 1. The van der Waals surface area contributed by atoms with E-state index >= 15 is 0 Å². The molecule has 1 aromatic carbocycles. The summed E-state index contributed by atoms with van der Waals surface area (Å²) in [6.45, 7) is 4.55. The van der Waals surface area contributed by atoms with Crippen LogP contribution in [0.3, 0.4) is 0 Å². The molecule has 0 aromatic heterocycles. The van der Waals surface area contributed by atoms with Crippen LogP contribution in [0, 0.1) is 11.8 Å². The first-order valence-corrected chi connectivity index (χ1v) is 7.40. The van der Waals surface area contributed by atoms with Gasteiger partial charge in [-0.05, 0) is 42.5 Å². The highest BCUT2D eigenvalue weighted by Gasteiger charge is 2.23. The third-order valence-electron chi connectivity index (χ3n) is 4.26. The van der Waals surface area contributed by atoms with E-state index in [1.165, 1.54) is 19.3 Å². The lowest BCUT2D eigenvalue weighted by Crippen LogP contribution is -2.23. The third-order valence-corrected chi connectivity index (χ3v) is 4.54. The fourth-order valence-corrected chi connectivity index (χ4v) is 3.34. The van der Waals surface area contributed by atoms with Crippen molar-refractivity contribution >= 4 is 11.6 Å². The number of ether oxygens (including phenoxy) is 2. The highest BCUT2D eigenvalue weighted by molar-refractivity contribution is 6.32. The molecule has 0 radical (unpaired) electrons. The minimum atomic E-state index is 0.269. The van der Waals surface area contributed by atoms with E-state index in [4.69, 9.17) is 21.1 Å². The minimum absolute atomic E-state index is 0.269. The summed E-state index contributed by atoms with van der Waals surface area (Å²) in [5.41, 5.74) is 1.15. The van der Waals surface area contributed by atoms with Crippen LogP contribution in [0.2, 0.25) is 5.02 Å². The lowest BCUT2D eigenvalue weighted by Gasteiger charge is -2.16. The van der Waals surface area contributed by atoms with E-state index in [0.29, 0.717) is 10.8 Å². The van der Waals surface area contributed by atoms with Crippen molar-refractivity contribution in [1.82, 2.24) is 5.32 Å². The molecule has 2 aliphatic rings. The molecular formula is C15H20ClNO2. The SMILES string of the molecule is CC1CCCC1CNCc1cc(Cl)c2c(c1)OCO2. The molecular weight excluding hydrogens is 262 g/mol. The third kappa shape index (κ3) is 2.82. The molecule has 1 aliphatic heterocycles. The summed E-state index contributed by atoms with van der Waals surface area (Å²) in [5.74, 6) is 3.12. The molecule has 104 valence electrons. The molecule has 1 heterocycles. The number of fused-ring (bicyclic) bond motifs is 1. The van der Waals surface area contributed by atoms with E-state index < -0.39 is 0 Å². The Hall–Kier alpha value is -0.930. The van der Waals surface area contributed by atoms with Gasteiger partial charge in [-0.2, -0.15) is 0 Å². The number of nitrogens with one attached hydrogen (secondary N) is 1. The Labute approximate surface area is 119 Å². The smallest absolute Gasteiger partial charge is 0.231 e. The Kier molecular flexibility index (Phi) is 3.85. The molecule has 0 bridgehead atoms. The van der Waals surface area contributed by atoms with E-state index in [9.17, 15) is 0 Å². The summed E-state index contributed by atoms with van der Waals surface area (Å²) in [5, 5.41) is 4.18. The number of hydrogen-bond acceptors (Lipinski definition) is 3. The summed E-state index contributed by atoms with van der Waals surface area (Å²) in [6, 6.07) is 3.97. The lowest BCUT2D eigenvalue weighted by atomic mass is 9.98. The lowest BCUT2D eigenvalue weighted by molar-refractivity contribution is 0.174. The van der Waals surface area contributed by atoms with Crippen molar-refractivity contribution in [2.24, 2.45) is 11.8 Å². The highest BCUT2D eigenvalue weighted by Crippen LogP contribution is 2.39. The Balaban J connectivity index is 1.57. The number of hydrogen-bond donors (Lipinski definition) is 1. The van der Waals surface area contributed by atoms with Crippen molar-refractivity contribution in [2.45, 2.75) is 32.7 Å². The van der Waals surface area contributed by atoms with Crippen LogP contribution < -0.4 is 14.8 Å². The first-order chi connectivity index (χ1) is 9.24. The minimum Gasteiger partial charge on any atom is -0.454 e. The zero-order valence-corrected chi connectivity index (χ0v) is 12.0. The van der Waals surface area contributed by atoms with Gasteiger partial charge in [0.05, 0.1) is 5.02 Å². The molecule has 3 nitrogen and oxygen atoms in total.